The van der Waals surface area contributed by atoms with Crippen LogP contribution in [0.3, 0.4) is 0 Å². The molecule has 2 heterocycles. The number of nitrogens with two attached hydrogens (primary N) is 1. The lowest BCUT2D eigenvalue weighted by Crippen LogP contribution is -2.62. The van der Waals surface area contributed by atoms with Crippen molar-refractivity contribution in [2.75, 3.05) is 19.6 Å². The van der Waals surface area contributed by atoms with E-state index in [1.54, 1.807) is 4.90 Å². The van der Waals surface area contributed by atoms with E-state index in [0.717, 1.165) is 22.9 Å². The number of rotatable bonds is 7. The van der Waals surface area contributed by atoms with Crippen molar-refractivity contribution in [2.45, 2.75) is 48.8 Å². The number of likely N-dealkylation sites (tertiary alicyclic amines) is 1. The van der Waals surface area contributed by atoms with E-state index in [-0.39, 0.29) is 36.5 Å². The maximum atomic E-state index is 14.0. The van der Waals surface area contributed by atoms with Gasteiger partial charge in [0.05, 0.1) is 22.4 Å². The Hall–Kier alpha value is -3.27. The normalized spacial score (nSPS) is 21.7. The number of amides is 1. The smallest absolute Gasteiger partial charge is 0.368 e. The zero-order valence-corrected chi connectivity index (χ0v) is 21.3. The van der Waals surface area contributed by atoms with Gasteiger partial charge in [0.1, 0.15) is 0 Å². The van der Waals surface area contributed by atoms with Gasteiger partial charge in [-0.25, -0.2) is 8.42 Å². The van der Waals surface area contributed by atoms with Gasteiger partial charge in [-0.1, -0.05) is 37.1 Å². The number of carbonyl (C=O) groups excluding carboxylic acids is 2. The van der Waals surface area contributed by atoms with Gasteiger partial charge in [-0.2, -0.15) is 22.7 Å². The molecule has 0 bridgehead atoms. The lowest BCUT2D eigenvalue weighted by atomic mass is 9.82. The maximum Gasteiger partial charge on any atom is 0.416 e. The van der Waals surface area contributed by atoms with Crippen molar-refractivity contribution in [1.29, 1.82) is 5.26 Å². The first-order valence-electron chi connectivity index (χ1n) is 12.2. The van der Waals surface area contributed by atoms with Crippen LogP contribution in [-0.2, 0) is 27.5 Å². The van der Waals surface area contributed by atoms with Gasteiger partial charge in [0.2, 0.25) is 15.9 Å². The lowest BCUT2D eigenvalue weighted by molar-refractivity contribution is -0.137. The zero-order valence-electron chi connectivity index (χ0n) is 20.4. The number of carbonyl (C=O) groups is 2. The molecule has 2 aliphatic heterocycles. The molecule has 0 aromatic heterocycles. The van der Waals surface area contributed by atoms with E-state index < -0.39 is 44.9 Å². The molecule has 2 N–H and O–H groups in total. The monoisotopic (exact) mass is 548 g/mol. The Labute approximate surface area is 218 Å². The molecule has 2 saturated heterocycles. The van der Waals surface area contributed by atoms with E-state index in [4.69, 9.17) is 11.0 Å². The average Bonchev–Trinajstić information content (AvgIpc) is 3.06. The molecule has 8 nitrogen and oxygen atoms in total. The summed E-state index contributed by atoms with van der Waals surface area (Å²) < 4.78 is 66.2. The number of Topliss-reactive ketones (excluding diaryl/α,β-unsaturated/α-hetero) is 1. The highest BCUT2D eigenvalue weighted by atomic mass is 32.2. The molecule has 38 heavy (non-hydrogen) atoms. The first-order chi connectivity index (χ1) is 17.9. The Morgan fingerprint density at radius 2 is 1.76 bits per heavy atom. The van der Waals surface area contributed by atoms with Crippen molar-refractivity contribution in [2.24, 2.45) is 11.7 Å². The minimum absolute atomic E-state index is 0.00807. The summed E-state index contributed by atoms with van der Waals surface area (Å²) in [4.78, 5) is 28.5. The molecule has 1 atom stereocenters. The van der Waals surface area contributed by atoms with E-state index in [1.807, 2.05) is 6.07 Å². The molecule has 0 spiro atoms. The molecule has 2 aliphatic rings. The quantitative estimate of drug-likeness (QED) is 0.418. The first kappa shape index (κ1) is 27.8. The van der Waals surface area contributed by atoms with Gasteiger partial charge in [0, 0.05) is 25.2 Å². The number of hydrogen-bond acceptors (Lipinski definition) is 6. The van der Waals surface area contributed by atoms with Crippen LogP contribution in [0.25, 0.3) is 0 Å². The summed E-state index contributed by atoms with van der Waals surface area (Å²) in [6, 6.07) is 11.9. The summed E-state index contributed by atoms with van der Waals surface area (Å²) in [5.74, 6) is -1.95. The summed E-state index contributed by atoms with van der Waals surface area (Å²) in [6.07, 6.45) is -2.53. The second-order valence-corrected chi connectivity index (χ2v) is 11.6. The van der Waals surface area contributed by atoms with Gasteiger partial charge < -0.3 is 5.73 Å². The van der Waals surface area contributed by atoms with Crippen molar-refractivity contribution in [3.8, 4) is 6.07 Å². The molecule has 0 saturated carbocycles. The number of alkyl halides is 3. The summed E-state index contributed by atoms with van der Waals surface area (Å²) >= 11 is 0. The van der Waals surface area contributed by atoms with Crippen LogP contribution in [0.5, 0.6) is 0 Å². The van der Waals surface area contributed by atoms with E-state index in [0.29, 0.717) is 24.9 Å². The summed E-state index contributed by atoms with van der Waals surface area (Å²) in [6.45, 7) is 0.428. The first-order valence-corrected chi connectivity index (χ1v) is 13.6. The lowest BCUT2D eigenvalue weighted by Gasteiger charge is -2.39. The molecule has 0 unspecified atom stereocenters. The highest BCUT2D eigenvalue weighted by Crippen LogP contribution is 2.35. The molecule has 0 radical (unpaired) electrons. The zero-order chi connectivity index (χ0) is 27.7. The van der Waals surface area contributed by atoms with Crippen LogP contribution < -0.4 is 5.73 Å². The van der Waals surface area contributed by atoms with Crippen LogP contribution in [0.4, 0.5) is 13.2 Å². The van der Waals surface area contributed by atoms with E-state index in [1.165, 1.54) is 36.4 Å². The Bertz CT molecular complexity index is 1370. The number of hydrogen-bond donors (Lipinski definition) is 1. The third-order valence-electron chi connectivity index (χ3n) is 7.21. The molecular formula is C26H27F3N4O4S. The number of ketones is 1. The van der Waals surface area contributed by atoms with Gasteiger partial charge >= 0.3 is 6.18 Å². The second kappa shape index (κ2) is 10.5. The predicted octanol–water partition coefficient (Wildman–Crippen LogP) is 3.33. The Balaban J connectivity index is 1.68. The molecule has 202 valence electrons. The Morgan fingerprint density at radius 1 is 1.08 bits per heavy atom. The van der Waals surface area contributed by atoms with Gasteiger partial charge in [0.25, 0.3) is 0 Å². The van der Waals surface area contributed by atoms with Crippen molar-refractivity contribution in [3.63, 3.8) is 0 Å². The number of halogens is 3. The fourth-order valence-corrected chi connectivity index (χ4v) is 6.57. The molecular weight excluding hydrogens is 521 g/mol. The molecule has 2 fully saturated rings. The molecule has 0 aliphatic carbocycles. The summed E-state index contributed by atoms with van der Waals surface area (Å²) in [5, 5.41) is 8.97. The van der Waals surface area contributed by atoms with Gasteiger partial charge in [-0.3, -0.25) is 14.5 Å². The van der Waals surface area contributed by atoms with Crippen molar-refractivity contribution in [3.05, 3.63) is 65.2 Å². The predicted molar refractivity (Wildman–Crippen MR) is 131 cm³/mol. The Kier molecular flexibility index (Phi) is 7.65. The molecule has 4 rings (SSSR count). The summed E-state index contributed by atoms with van der Waals surface area (Å²) in [7, 11) is -3.95. The number of benzene rings is 2. The maximum absolute atomic E-state index is 14.0. The number of nitrogens with zero attached hydrogens (tertiary/aromatic N) is 3. The largest absolute Gasteiger partial charge is 0.416 e. The highest BCUT2D eigenvalue weighted by molar-refractivity contribution is 7.89. The van der Waals surface area contributed by atoms with E-state index in [2.05, 4.69) is 0 Å². The minimum atomic E-state index is -4.50. The molecule has 2 aromatic rings. The fraction of sp³-hybridized carbons (Fsp3) is 0.423. The van der Waals surface area contributed by atoms with Gasteiger partial charge in [-0.15, -0.1) is 0 Å². The number of primary amides is 1. The van der Waals surface area contributed by atoms with Gasteiger partial charge in [0.15, 0.2) is 11.3 Å². The molecule has 1 amide bonds. The van der Waals surface area contributed by atoms with Crippen LogP contribution in [0.15, 0.2) is 53.4 Å². The van der Waals surface area contributed by atoms with Crippen LogP contribution in [-0.4, -0.2) is 54.5 Å². The summed E-state index contributed by atoms with van der Waals surface area (Å²) in [5.41, 5.74) is 3.71. The minimum Gasteiger partial charge on any atom is -0.368 e. The second-order valence-electron chi connectivity index (χ2n) is 9.66. The van der Waals surface area contributed by atoms with E-state index >= 15 is 0 Å². The average molecular weight is 549 g/mol. The fourth-order valence-electron chi connectivity index (χ4n) is 4.99. The third-order valence-corrected chi connectivity index (χ3v) is 9.04. The topological polar surface area (TPSA) is 125 Å². The number of sulfonamides is 1. The van der Waals surface area contributed by atoms with Crippen molar-refractivity contribution < 1.29 is 31.2 Å². The van der Waals surface area contributed by atoms with Crippen LogP contribution in [0.2, 0.25) is 0 Å². The molecule has 2 aromatic carbocycles. The highest BCUT2D eigenvalue weighted by Gasteiger charge is 2.50. The van der Waals surface area contributed by atoms with Crippen LogP contribution >= 0.6 is 0 Å². The number of nitriles is 1. The van der Waals surface area contributed by atoms with Crippen LogP contribution in [0, 0.1) is 17.2 Å². The van der Waals surface area contributed by atoms with Crippen molar-refractivity contribution >= 4 is 21.7 Å². The van der Waals surface area contributed by atoms with Crippen molar-refractivity contribution in [1.82, 2.24) is 9.21 Å². The Morgan fingerprint density at radius 3 is 2.37 bits per heavy atom. The SMILES string of the molecule is N#CC1CN(S(=O)(=O)c2cccc(C(=O)[C@]3(C(N)=O)CCCCCN3Cc3ccc(C(F)(F)F)cc3)c2)C1. The third kappa shape index (κ3) is 5.18. The standard InChI is InChI=1S/C26H27F3N4O4S/c27-26(28,29)21-9-7-18(8-10-21)15-32-12-3-1-2-11-25(32,24(31)35)23(34)20-5-4-6-22(13-20)38(36,37)33-16-19(14-30)17-33/h4-10,13,19H,1-3,11-12,15-17H2,(H2,31,35)/t25-/m0/s1. The van der Waals surface area contributed by atoms with Gasteiger partial charge in [-0.05, 0) is 49.2 Å². The molecule has 12 heteroatoms. The van der Waals surface area contributed by atoms with E-state index in [9.17, 15) is 31.2 Å². The van der Waals surface area contributed by atoms with Crippen LogP contribution in [0.1, 0.15) is 47.2 Å².